The smallest absolute Gasteiger partial charge is 0.408 e. The van der Waals surface area contributed by atoms with E-state index in [1.807, 2.05) is 20.8 Å². The highest BCUT2D eigenvalue weighted by atomic mass is 16.6. The first-order valence-corrected chi connectivity index (χ1v) is 14.3. The number of benzene rings is 1. The number of aromatic nitrogens is 2. The number of carboxylic acid groups (broad SMARTS) is 1. The molecule has 6 rings (SSSR count). The Morgan fingerprint density at radius 2 is 1.88 bits per heavy atom. The Labute approximate surface area is 243 Å². The van der Waals surface area contributed by atoms with E-state index in [-0.39, 0.29) is 24.7 Å². The average Bonchev–Trinajstić information content (AvgIpc) is 3.27. The minimum Gasteiger partial charge on any atom is -0.486 e. The van der Waals surface area contributed by atoms with E-state index in [1.165, 1.54) is 11.0 Å². The number of ether oxygens (including phenoxy) is 2. The Bertz CT molecular complexity index is 1650. The quantitative estimate of drug-likeness (QED) is 0.469. The molecule has 1 saturated heterocycles. The number of nitrogens with zero attached hydrogens (tertiary/aromatic N) is 5. The molecular weight excluding hydrogens is 538 g/mol. The number of β-amino-alcohol motifs (C(OH)–C–C–N with tert-alkyl or cyclic N) is 1. The number of likely N-dealkylation sites (tertiary alicyclic amines) is 1. The molecule has 2 atom stereocenters. The van der Waals surface area contributed by atoms with Crippen LogP contribution in [0.5, 0.6) is 11.5 Å². The fourth-order valence-electron chi connectivity index (χ4n) is 6.90. The van der Waals surface area contributed by atoms with Crippen LogP contribution in [0.4, 0.5) is 4.79 Å². The molecule has 3 aliphatic rings. The lowest BCUT2D eigenvalue weighted by Crippen LogP contribution is -2.53. The van der Waals surface area contributed by atoms with Gasteiger partial charge in [0, 0.05) is 43.4 Å². The van der Waals surface area contributed by atoms with E-state index in [1.54, 1.807) is 35.0 Å². The SMILES string of the molecule is CC(C)(C)C(c1cc2c(cn1)OCCO2)N(C(=O)O)C1CCN(CC2(O)Cn3c(=O)ccc4ccc(C#N)c2c43)CC1. The topological polar surface area (TPSA) is 141 Å². The Morgan fingerprint density at radius 3 is 2.55 bits per heavy atom. The normalized spacial score (nSPS) is 21.2. The summed E-state index contributed by atoms with van der Waals surface area (Å²) in [6.45, 7) is 8.28. The van der Waals surface area contributed by atoms with Gasteiger partial charge in [-0.2, -0.15) is 5.26 Å². The number of pyridine rings is 2. The lowest BCUT2D eigenvalue weighted by atomic mass is 9.81. The fraction of sp³-hybridized carbons (Fsp3) is 0.484. The first-order chi connectivity index (χ1) is 20.0. The van der Waals surface area contributed by atoms with E-state index in [9.17, 15) is 25.1 Å². The second-order valence-corrected chi connectivity index (χ2v) is 12.5. The van der Waals surface area contributed by atoms with E-state index >= 15 is 0 Å². The third-order valence-electron chi connectivity index (χ3n) is 8.64. The van der Waals surface area contributed by atoms with Crippen molar-refractivity contribution in [3.63, 3.8) is 0 Å². The molecule has 0 radical (unpaired) electrons. The van der Waals surface area contributed by atoms with Gasteiger partial charge in [-0.3, -0.25) is 19.6 Å². The molecule has 1 fully saturated rings. The Balaban J connectivity index is 1.24. The number of piperidine rings is 1. The second kappa shape index (κ2) is 10.3. The molecule has 3 aromatic rings. The summed E-state index contributed by atoms with van der Waals surface area (Å²) in [7, 11) is 0. The molecular formula is C31H35N5O6. The zero-order chi connectivity index (χ0) is 29.8. The summed E-state index contributed by atoms with van der Waals surface area (Å²) in [6.07, 6.45) is 1.70. The van der Waals surface area contributed by atoms with Crippen molar-refractivity contribution in [2.45, 2.75) is 57.8 Å². The maximum absolute atomic E-state index is 12.8. The maximum atomic E-state index is 12.8. The van der Waals surface area contributed by atoms with Crippen LogP contribution in [0.1, 0.15) is 56.5 Å². The maximum Gasteiger partial charge on any atom is 0.408 e. The van der Waals surface area contributed by atoms with E-state index in [2.05, 4.69) is 16.0 Å². The van der Waals surface area contributed by atoms with Crippen molar-refractivity contribution < 1.29 is 24.5 Å². The molecule has 1 amide bonds. The number of amides is 1. The van der Waals surface area contributed by atoms with Gasteiger partial charge in [-0.05, 0) is 35.8 Å². The van der Waals surface area contributed by atoms with E-state index in [0.717, 1.165) is 5.39 Å². The van der Waals surface area contributed by atoms with Gasteiger partial charge in [0.05, 0.1) is 41.6 Å². The van der Waals surface area contributed by atoms with Crippen LogP contribution in [0.2, 0.25) is 0 Å². The third kappa shape index (κ3) is 4.74. The summed E-state index contributed by atoms with van der Waals surface area (Å²) < 4.78 is 12.9. The molecule has 0 aliphatic carbocycles. The lowest BCUT2D eigenvalue weighted by molar-refractivity contribution is -0.0251. The molecule has 1 aromatic carbocycles. The van der Waals surface area contributed by atoms with Crippen molar-refractivity contribution in [1.82, 2.24) is 19.4 Å². The predicted octanol–water partition coefficient (Wildman–Crippen LogP) is 3.47. The van der Waals surface area contributed by atoms with Crippen molar-refractivity contribution in [3.8, 4) is 17.6 Å². The van der Waals surface area contributed by atoms with Gasteiger partial charge in [-0.15, -0.1) is 0 Å². The lowest BCUT2D eigenvalue weighted by Gasteiger charge is -2.46. The fourth-order valence-corrected chi connectivity index (χ4v) is 6.90. The molecule has 220 valence electrons. The zero-order valence-electron chi connectivity index (χ0n) is 24.0. The van der Waals surface area contributed by atoms with Crippen molar-refractivity contribution in [1.29, 1.82) is 5.26 Å². The highest BCUT2D eigenvalue weighted by molar-refractivity contribution is 5.87. The minimum absolute atomic E-state index is 0.0697. The van der Waals surface area contributed by atoms with Crippen LogP contribution < -0.4 is 15.0 Å². The third-order valence-corrected chi connectivity index (χ3v) is 8.64. The largest absolute Gasteiger partial charge is 0.486 e. The first kappa shape index (κ1) is 28.0. The molecule has 3 aliphatic heterocycles. The number of aliphatic hydroxyl groups is 1. The molecule has 5 heterocycles. The van der Waals surface area contributed by atoms with Gasteiger partial charge in [-0.25, -0.2) is 4.79 Å². The minimum atomic E-state index is -1.42. The summed E-state index contributed by atoms with van der Waals surface area (Å²) in [5.74, 6) is 1.12. The summed E-state index contributed by atoms with van der Waals surface area (Å²) in [6, 6.07) is 9.88. The average molecular weight is 574 g/mol. The summed E-state index contributed by atoms with van der Waals surface area (Å²) in [5.41, 5.74) is -0.0302. The van der Waals surface area contributed by atoms with Crippen LogP contribution in [-0.4, -0.2) is 74.5 Å². The van der Waals surface area contributed by atoms with Crippen molar-refractivity contribution in [2.24, 2.45) is 5.41 Å². The van der Waals surface area contributed by atoms with Gasteiger partial charge >= 0.3 is 6.09 Å². The van der Waals surface area contributed by atoms with Crippen molar-refractivity contribution >= 4 is 17.0 Å². The van der Waals surface area contributed by atoms with Gasteiger partial charge in [0.1, 0.15) is 18.8 Å². The van der Waals surface area contributed by atoms with Crippen molar-refractivity contribution in [2.75, 3.05) is 32.8 Å². The monoisotopic (exact) mass is 573 g/mol. The van der Waals surface area contributed by atoms with Gasteiger partial charge in [0.15, 0.2) is 11.5 Å². The van der Waals surface area contributed by atoms with E-state index in [0.29, 0.717) is 73.0 Å². The summed E-state index contributed by atoms with van der Waals surface area (Å²) in [5, 5.41) is 33.0. The molecule has 11 nitrogen and oxygen atoms in total. The number of nitriles is 1. The second-order valence-electron chi connectivity index (χ2n) is 12.5. The number of carbonyl (C=O) groups is 1. The number of hydrogen-bond acceptors (Lipinski definition) is 8. The predicted molar refractivity (Wildman–Crippen MR) is 154 cm³/mol. The molecule has 0 saturated carbocycles. The van der Waals surface area contributed by atoms with Gasteiger partial charge in [0.25, 0.3) is 5.56 Å². The number of rotatable bonds is 5. The van der Waals surface area contributed by atoms with Gasteiger partial charge in [0.2, 0.25) is 0 Å². The molecule has 11 heteroatoms. The summed E-state index contributed by atoms with van der Waals surface area (Å²) in [4.78, 5) is 33.7. The van der Waals surface area contributed by atoms with Crippen molar-refractivity contribution in [3.05, 3.63) is 63.7 Å². The molecule has 0 bridgehead atoms. The molecule has 0 spiro atoms. The Morgan fingerprint density at radius 1 is 1.19 bits per heavy atom. The van der Waals surface area contributed by atoms with Crippen LogP contribution in [0.25, 0.3) is 10.9 Å². The Hall–Kier alpha value is -4.14. The highest BCUT2D eigenvalue weighted by Crippen LogP contribution is 2.43. The van der Waals surface area contributed by atoms with E-state index in [4.69, 9.17) is 9.47 Å². The molecule has 42 heavy (non-hydrogen) atoms. The van der Waals surface area contributed by atoms with Crippen LogP contribution in [-0.2, 0) is 12.1 Å². The highest BCUT2D eigenvalue weighted by Gasteiger charge is 2.45. The number of fused-ring (bicyclic) bond motifs is 1. The first-order valence-electron chi connectivity index (χ1n) is 14.3. The van der Waals surface area contributed by atoms with Crippen LogP contribution in [0, 0.1) is 16.7 Å². The molecule has 2 unspecified atom stereocenters. The van der Waals surface area contributed by atoms with Gasteiger partial charge < -0.3 is 24.3 Å². The van der Waals surface area contributed by atoms with E-state index < -0.39 is 23.2 Å². The summed E-state index contributed by atoms with van der Waals surface area (Å²) >= 11 is 0. The molecule has 2 aromatic heterocycles. The molecule has 2 N–H and O–H groups in total. The van der Waals surface area contributed by atoms with Crippen LogP contribution in [0.15, 0.2) is 41.3 Å². The standard InChI is InChI=1S/C31H35N5O6/c1-30(2,3)28(22-14-23-24(16-33-22)42-13-12-41-23)36(29(38)39)21-8-10-34(11-9-21)17-31(40)18-35-25(37)7-6-19-4-5-20(15-32)26(31)27(19)35/h4-7,14,16,21,28,40H,8-13,17-18H2,1-3H3,(H,38,39). The Kier molecular flexibility index (Phi) is 6.86. The number of hydrogen-bond donors (Lipinski definition) is 2. The zero-order valence-corrected chi connectivity index (χ0v) is 24.0. The van der Waals surface area contributed by atoms with Crippen LogP contribution in [0.3, 0.4) is 0 Å². The van der Waals surface area contributed by atoms with Crippen LogP contribution >= 0.6 is 0 Å². The van der Waals surface area contributed by atoms with Gasteiger partial charge in [-0.1, -0.05) is 26.8 Å².